The molecule has 2 N–H and O–H groups in total. The van der Waals surface area contributed by atoms with Gasteiger partial charge in [-0.15, -0.1) is 0 Å². The van der Waals surface area contributed by atoms with E-state index in [9.17, 15) is 4.79 Å². The molecule has 132 valence electrons. The third-order valence-electron chi connectivity index (χ3n) is 5.40. The van der Waals surface area contributed by atoms with Crippen molar-refractivity contribution in [2.75, 3.05) is 28.6 Å². The van der Waals surface area contributed by atoms with Crippen LogP contribution in [-0.2, 0) is 4.79 Å². The maximum atomic E-state index is 12.7. The molecule has 26 heavy (non-hydrogen) atoms. The van der Waals surface area contributed by atoms with E-state index >= 15 is 0 Å². The van der Waals surface area contributed by atoms with Gasteiger partial charge in [0.25, 0.3) is 6.01 Å². The molecule has 2 aliphatic rings. The van der Waals surface area contributed by atoms with E-state index in [2.05, 4.69) is 20.5 Å². The number of carbonyl (C=O) groups excluding carboxylic acids is 1. The fourth-order valence-corrected chi connectivity index (χ4v) is 3.85. The summed E-state index contributed by atoms with van der Waals surface area (Å²) in [4.78, 5) is 19.5. The summed E-state index contributed by atoms with van der Waals surface area (Å²) in [5.74, 6) is 0.0454. The first kappa shape index (κ1) is 15.3. The van der Waals surface area contributed by atoms with Crippen LogP contribution in [-0.4, -0.2) is 29.5 Å². The molecule has 2 aliphatic heterocycles. The van der Waals surface area contributed by atoms with Gasteiger partial charge in [0.05, 0.1) is 11.4 Å². The van der Waals surface area contributed by atoms with E-state index in [1.807, 2.05) is 49.4 Å². The Labute approximate surface area is 151 Å². The molecule has 1 fully saturated rings. The number of hydrogen-bond acceptors (Lipinski definition) is 5. The van der Waals surface area contributed by atoms with E-state index in [-0.39, 0.29) is 5.91 Å². The zero-order valence-corrected chi connectivity index (χ0v) is 14.6. The maximum absolute atomic E-state index is 12.7. The number of aryl methyl sites for hydroxylation is 1. The van der Waals surface area contributed by atoms with Crippen molar-refractivity contribution in [3.8, 4) is 0 Å². The Morgan fingerprint density at radius 3 is 2.69 bits per heavy atom. The summed E-state index contributed by atoms with van der Waals surface area (Å²) in [5, 5.41) is 6.52. The minimum Gasteiger partial charge on any atom is -0.423 e. The van der Waals surface area contributed by atoms with Crippen molar-refractivity contribution >= 4 is 34.4 Å². The summed E-state index contributed by atoms with van der Waals surface area (Å²) < 4.78 is 5.92. The summed E-state index contributed by atoms with van der Waals surface area (Å²) in [7, 11) is 0. The lowest BCUT2D eigenvalue weighted by Crippen LogP contribution is -2.58. The van der Waals surface area contributed by atoms with Gasteiger partial charge in [0.15, 0.2) is 5.58 Å². The Morgan fingerprint density at radius 1 is 1.12 bits per heavy atom. The molecule has 3 aromatic rings. The molecule has 2 aromatic carbocycles. The number of rotatable bonds is 1. The maximum Gasteiger partial charge on any atom is 0.298 e. The number of fused-ring (bicyclic) bond motifs is 2. The quantitative estimate of drug-likeness (QED) is 0.704. The summed E-state index contributed by atoms with van der Waals surface area (Å²) in [6.45, 7) is 3.48. The van der Waals surface area contributed by atoms with E-state index < -0.39 is 5.54 Å². The number of benzene rings is 2. The zero-order valence-electron chi connectivity index (χ0n) is 14.6. The molecule has 5 rings (SSSR count). The van der Waals surface area contributed by atoms with Gasteiger partial charge in [0.2, 0.25) is 5.91 Å². The number of anilines is 3. The van der Waals surface area contributed by atoms with Crippen molar-refractivity contribution in [1.82, 2.24) is 4.98 Å². The molecule has 1 amide bonds. The van der Waals surface area contributed by atoms with Gasteiger partial charge in [-0.05, 0) is 49.6 Å². The van der Waals surface area contributed by atoms with Crippen LogP contribution >= 0.6 is 0 Å². The first-order valence-electron chi connectivity index (χ1n) is 8.94. The van der Waals surface area contributed by atoms with Gasteiger partial charge < -0.3 is 20.0 Å². The minimum atomic E-state index is -0.562. The van der Waals surface area contributed by atoms with E-state index in [1.54, 1.807) is 0 Å². The summed E-state index contributed by atoms with van der Waals surface area (Å²) >= 11 is 0. The van der Waals surface area contributed by atoms with Crippen molar-refractivity contribution in [3.63, 3.8) is 0 Å². The van der Waals surface area contributed by atoms with Crippen LogP contribution in [0.3, 0.4) is 0 Å². The van der Waals surface area contributed by atoms with Crippen molar-refractivity contribution in [3.05, 3.63) is 48.0 Å². The van der Waals surface area contributed by atoms with Crippen molar-refractivity contribution in [2.24, 2.45) is 0 Å². The van der Waals surface area contributed by atoms with Gasteiger partial charge in [-0.1, -0.05) is 18.2 Å². The molecule has 0 bridgehead atoms. The highest BCUT2D eigenvalue weighted by Crippen LogP contribution is 2.37. The highest BCUT2D eigenvalue weighted by molar-refractivity contribution is 6.06. The molecule has 1 saturated heterocycles. The molecule has 3 heterocycles. The van der Waals surface area contributed by atoms with E-state index in [1.165, 1.54) is 0 Å². The average molecular weight is 348 g/mol. The van der Waals surface area contributed by atoms with Crippen LogP contribution in [0.1, 0.15) is 18.4 Å². The van der Waals surface area contributed by atoms with Crippen LogP contribution in [0, 0.1) is 6.92 Å². The summed E-state index contributed by atoms with van der Waals surface area (Å²) in [6.07, 6.45) is 1.40. The molecule has 0 saturated carbocycles. The number of nitrogens with zero attached hydrogens (tertiary/aromatic N) is 2. The van der Waals surface area contributed by atoms with Crippen molar-refractivity contribution in [2.45, 2.75) is 25.3 Å². The number of hydrogen-bond donors (Lipinski definition) is 2. The summed E-state index contributed by atoms with van der Waals surface area (Å²) in [6, 6.07) is 14.5. The second kappa shape index (κ2) is 5.49. The first-order valence-corrected chi connectivity index (χ1v) is 8.94. The van der Waals surface area contributed by atoms with E-state index in [0.29, 0.717) is 31.9 Å². The summed E-state index contributed by atoms with van der Waals surface area (Å²) in [5.41, 5.74) is 4.11. The van der Waals surface area contributed by atoms with E-state index in [0.717, 1.165) is 28.0 Å². The first-order chi connectivity index (χ1) is 12.6. The molecule has 6 heteroatoms. The molecule has 6 nitrogen and oxygen atoms in total. The molecular weight excluding hydrogens is 328 g/mol. The second-order valence-corrected chi connectivity index (χ2v) is 7.16. The lowest BCUT2D eigenvalue weighted by atomic mass is 9.84. The zero-order chi connectivity index (χ0) is 17.7. The normalized spacial score (nSPS) is 18.5. The second-order valence-electron chi connectivity index (χ2n) is 7.16. The van der Waals surface area contributed by atoms with Gasteiger partial charge in [-0.2, -0.15) is 4.98 Å². The lowest BCUT2D eigenvalue weighted by Gasteiger charge is -2.43. The molecule has 0 aliphatic carbocycles. The number of carbonyl (C=O) groups is 1. The molecular formula is C20H20N4O2. The Kier molecular flexibility index (Phi) is 3.22. The standard InChI is InChI=1S/C20H20N4O2/c1-13-6-7-17-16(12-13)22-19(26-17)24-10-8-20(9-11-24)18(25)21-14-4-2-3-5-15(14)23-20/h2-7,12,23H,8-11H2,1H3,(H,21,25). The van der Waals surface area contributed by atoms with Crippen LogP contribution in [0.25, 0.3) is 11.1 Å². The van der Waals surface area contributed by atoms with Gasteiger partial charge in [-0.3, -0.25) is 4.79 Å². The third kappa shape index (κ3) is 2.33. The van der Waals surface area contributed by atoms with Crippen LogP contribution in [0.4, 0.5) is 17.4 Å². The minimum absolute atomic E-state index is 0.0454. The monoisotopic (exact) mass is 348 g/mol. The SMILES string of the molecule is Cc1ccc2oc(N3CCC4(CC3)Nc3ccccc3NC4=O)nc2c1. The van der Waals surface area contributed by atoms with Gasteiger partial charge in [0, 0.05) is 13.1 Å². The van der Waals surface area contributed by atoms with Crippen molar-refractivity contribution < 1.29 is 9.21 Å². The highest BCUT2D eigenvalue weighted by atomic mass is 16.4. The third-order valence-corrected chi connectivity index (χ3v) is 5.40. The van der Waals surface area contributed by atoms with Crippen LogP contribution in [0.15, 0.2) is 46.9 Å². The molecule has 0 radical (unpaired) electrons. The van der Waals surface area contributed by atoms with Crippen LogP contribution in [0.5, 0.6) is 0 Å². The largest absolute Gasteiger partial charge is 0.423 e. The van der Waals surface area contributed by atoms with Crippen molar-refractivity contribution in [1.29, 1.82) is 0 Å². The molecule has 0 unspecified atom stereocenters. The smallest absolute Gasteiger partial charge is 0.298 e. The van der Waals surface area contributed by atoms with Crippen LogP contribution < -0.4 is 15.5 Å². The fraction of sp³-hybridized carbons (Fsp3) is 0.300. The van der Waals surface area contributed by atoms with Gasteiger partial charge >= 0.3 is 0 Å². The van der Waals surface area contributed by atoms with Crippen LogP contribution in [0.2, 0.25) is 0 Å². The average Bonchev–Trinajstić information content (AvgIpc) is 3.06. The Morgan fingerprint density at radius 2 is 1.88 bits per heavy atom. The number of piperidine rings is 1. The Bertz CT molecular complexity index is 1000. The van der Waals surface area contributed by atoms with Gasteiger partial charge in [-0.25, -0.2) is 0 Å². The Balaban J connectivity index is 1.38. The number of para-hydroxylation sites is 2. The topological polar surface area (TPSA) is 70.4 Å². The predicted octanol–water partition coefficient (Wildman–Crippen LogP) is 3.54. The fourth-order valence-electron chi connectivity index (χ4n) is 3.85. The molecule has 1 spiro atoms. The molecule has 0 atom stereocenters. The predicted molar refractivity (Wildman–Crippen MR) is 102 cm³/mol. The number of nitrogens with one attached hydrogen (secondary N) is 2. The lowest BCUT2D eigenvalue weighted by molar-refractivity contribution is -0.121. The number of aromatic nitrogens is 1. The number of oxazole rings is 1. The number of amides is 1. The van der Waals surface area contributed by atoms with E-state index in [4.69, 9.17) is 4.42 Å². The Hall–Kier alpha value is -3.02. The highest BCUT2D eigenvalue weighted by Gasteiger charge is 2.44. The molecule has 1 aromatic heterocycles. The van der Waals surface area contributed by atoms with Gasteiger partial charge in [0.1, 0.15) is 11.1 Å².